The number of benzene rings is 4. The van der Waals surface area contributed by atoms with Crippen LogP contribution in [0.4, 0.5) is 5.69 Å². The number of aromatic amines is 1. The van der Waals surface area contributed by atoms with Crippen LogP contribution < -0.4 is 16.6 Å². The lowest BCUT2D eigenvalue weighted by Gasteiger charge is -2.16. The number of carbonyl (C=O) groups excluding carboxylic acids is 2. The minimum atomic E-state index is -3.61. The van der Waals surface area contributed by atoms with Crippen LogP contribution in [0.25, 0.3) is 44.7 Å². The summed E-state index contributed by atoms with van der Waals surface area (Å²) in [6.07, 6.45) is 0. The molecule has 4 aromatic carbocycles. The molecule has 13 nitrogen and oxygen atoms in total. The van der Waals surface area contributed by atoms with Gasteiger partial charge in [0.25, 0.3) is 17.4 Å². The molecule has 7 rings (SSSR count). The lowest BCUT2D eigenvalue weighted by Crippen LogP contribution is -2.21. The fourth-order valence-electron chi connectivity index (χ4n) is 6.41. The Balaban J connectivity index is 0.000000204. The molecule has 4 N–H and O–H groups in total. The Bertz CT molecular complexity index is 3020. The van der Waals surface area contributed by atoms with E-state index in [4.69, 9.17) is 5.73 Å². The Morgan fingerprint density at radius 3 is 1.77 bits per heavy atom. The second kappa shape index (κ2) is 17.6. The zero-order valence-electron chi connectivity index (χ0n) is 34.2. The van der Waals surface area contributed by atoms with Crippen LogP contribution in [-0.2, 0) is 19.7 Å². The highest BCUT2D eigenvalue weighted by atomic mass is 32.2. The summed E-state index contributed by atoms with van der Waals surface area (Å²) in [5, 5.41) is 6.13. The van der Waals surface area contributed by atoms with Crippen molar-refractivity contribution < 1.29 is 26.4 Å². The molecule has 3 aromatic heterocycles. The summed E-state index contributed by atoms with van der Waals surface area (Å²) in [5.41, 5.74) is 8.78. The summed E-state index contributed by atoms with van der Waals surface area (Å²) in [4.78, 5) is 53.5. The van der Waals surface area contributed by atoms with Gasteiger partial charge in [0.1, 0.15) is 11.4 Å². The number of nitrogens with two attached hydrogens (primary N) is 1. The number of hydrogen-bond donors (Lipinski definition) is 3. The SMILES string of the molecule is CC(C)(C)CS(=O)(=O)c1nc(-c2nc3cccc(-c4ccccc4)c3c(=O)[nH]2)cs1.CC(C)(C)CS(=O)(=O)c1nc(C(=O)Nc2cccc(-c3ccccc3)c2C(N)=O)cs1. The second-order valence-electron chi connectivity index (χ2n) is 16.5. The summed E-state index contributed by atoms with van der Waals surface area (Å²) >= 11 is 1.94. The number of thiazole rings is 2. The number of nitrogens with zero attached hydrogens (tertiary/aromatic N) is 3. The van der Waals surface area contributed by atoms with Crippen molar-refractivity contribution in [2.45, 2.75) is 50.2 Å². The van der Waals surface area contributed by atoms with Crippen LogP contribution in [0.2, 0.25) is 0 Å². The Morgan fingerprint density at radius 1 is 0.672 bits per heavy atom. The van der Waals surface area contributed by atoms with Crippen molar-refractivity contribution in [1.29, 1.82) is 0 Å². The van der Waals surface area contributed by atoms with Gasteiger partial charge in [0.15, 0.2) is 5.82 Å². The predicted octanol–water partition coefficient (Wildman–Crippen LogP) is 8.51. The van der Waals surface area contributed by atoms with E-state index >= 15 is 0 Å². The average molecular weight is 897 g/mol. The maximum atomic E-state index is 12.9. The molecule has 17 heteroatoms. The summed E-state index contributed by atoms with van der Waals surface area (Å²) < 4.78 is 50.3. The molecule has 0 bridgehead atoms. The van der Waals surface area contributed by atoms with Gasteiger partial charge in [-0.1, -0.05) is 126 Å². The number of amides is 2. The molecule has 7 aromatic rings. The molecule has 0 unspecified atom stereocenters. The lowest BCUT2D eigenvalue weighted by molar-refractivity contribution is 0.100. The predicted molar refractivity (Wildman–Crippen MR) is 242 cm³/mol. The Labute approximate surface area is 362 Å². The van der Waals surface area contributed by atoms with Crippen molar-refractivity contribution in [1.82, 2.24) is 19.9 Å². The highest BCUT2D eigenvalue weighted by molar-refractivity contribution is 7.93. The largest absolute Gasteiger partial charge is 0.366 e. The standard InChI is InChI=1S/C22H23N3O4S2.C22H21N3O3S2/c1-22(2,3)13-31(28,29)21-25-17(12-30-21)20(27)24-16-11-7-10-15(18(16)19(23)26)14-8-5-4-6-9-14;1-22(2,3)13-30(27,28)21-24-17(12-29-21)19-23-16-11-7-10-15(18(16)20(26)25-19)14-8-5-4-6-9-14/h4-12H,13H2,1-3H3,(H2,23,26)(H,24,27);4-12H,13H2,1-3H3,(H,23,25,26). The summed E-state index contributed by atoms with van der Waals surface area (Å²) in [7, 11) is -7.13. The fourth-order valence-corrected chi connectivity index (χ4v) is 12.3. The quantitative estimate of drug-likeness (QED) is 0.119. The molecular formula is C44H44N6O7S4. The number of H-pyrrole nitrogens is 1. The van der Waals surface area contributed by atoms with Crippen molar-refractivity contribution in [2.24, 2.45) is 16.6 Å². The molecule has 0 aliphatic rings. The van der Waals surface area contributed by atoms with Crippen molar-refractivity contribution >= 4 is 70.8 Å². The van der Waals surface area contributed by atoms with E-state index in [0.717, 1.165) is 39.4 Å². The van der Waals surface area contributed by atoms with E-state index in [1.807, 2.05) is 114 Å². The van der Waals surface area contributed by atoms with E-state index in [2.05, 4.69) is 25.3 Å². The molecule has 0 spiro atoms. The summed E-state index contributed by atoms with van der Waals surface area (Å²) in [6, 6.07) is 29.3. The number of rotatable bonds is 10. The molecule has 0 saturated carbocycles. The highest BCUT2D eigenvalue weighted by Crippen LogP contribution is 2.32. The Hall–Kier alpha value is -5.88. The first-order chi connectivity index (χ1) is 28.6. The van der Waals surface area contributed by atoms with E-state index in [1.54, 1.807) is 29.6 Å². The third kappa shape index (κ3) is 10.9. The first kappa shape index (κ1) is 44.7. The van der Waals surface area contributed by atoms with Crippen LogP contribution in [0, 0.1) is 10.8 Å². The molecule has 0 saturated heterocycles. The van der Waals surface area contributed by atoms with E-state index in [1.165, 1.54) is 5.38 Å². The van der Waals surface area contributed by atoms with Crippen molar-refractivity contribution in [3.8, 4) is 33.8 Å². The van der Waals surface area contributed by atoms with E-state index in [9.17, 15) is 31.2 Å². The molecular weight excluding hydrogens is 853 g/mol. The van der Waals surface area contributed by atoms with E-state index in [0.29, 0.717) is 22.2 Å². The number of hydrogen-bond acceptors (Lipinski definition) is 12. The van der Waals surface area contributed by atoms with Crippen molar-refractivity contribution in [3.63, 3.8) is 0 Å². The monoisotopic (exact) mass is 896 g/mol. The van der Waals surface area contributed by atoms with E-state index < -0.39 is 36.9 Å². The lowest BCUT2D eigenvalue weighted by atomic mass is 9.97. The second-order valence-corrected chi connectivity index (χ2v) is 22.6. The van der Waals surface area contributed by atoms with Gasteiger partial charge in [0.2, 0.25) is 28.4 Å². The Morgan fingerprint density at radius 2 is 1.20 bits per heavy atom. The van der Waals surface area contributed by atoms with Gasteiger partial charge < -0.3 is 16.0 Å². The first-order valence-corrected chi connectivity index (χ1v) is 23.9. The number of nitrogens with one attached hydrogen (secondary N) is 2. The van der Waals surface area contributed by atoms with Crippen LogP contribution in [0.5, 0.6) is 0 Å². The van der Waals surface area contributed by atoms with Gasteiger partial charge in [-0.15, -0.1) is 22.7 Å². The third-order valence-electron chi connectivity index (χ3n) is 8.68. The maximum absolute atomic E-state index is 12.9. The van der Waals surface area contributed by atoms with Crippen molar-refractivity contribution in [2.75, 3.05) is 16.8 Å². The minimum Gasteiger partial charge on any atom is -0.366 e. The number of primary amides is 1. The number of anilines is 1. The van der Waals surface area contributed by atoms with Crippen LogP contribution >= 0.6 is 22.7 Å². The van der Waals surface area contributed by atoms with Crippen molar-refractivity contribution in [3.05, 3.63) is 129 Å². The molecule has 0 aliphatic carbocycles. The van der Waals surface area contributed by atoms with Crippen LogP contribution in [0.15, 0.2) is 121 Å². The van der Waals surface area contributed by atoms with Crippen LogP contribution in [0.3, 0.4) is 0 Å². The maximum Gasteiger partial charge on any atom is 0.275 e. The summed E-state index contributed by atoms with van der Waals surface area (Å²) in [5.74, 6) is -1.15. The Kier molecular flexibility index (Phi) is 12.9. The molecule has 61 heavy (non-hydrogen) atoms. The number of fused-ring (bicyclic) bond motifs is 1. The molecule has 0 radical (unpaired) electrons. The summed E-state index contributed by atoms with van der Waals surface area (Å²) in [6.45, 7) is 11.0. The van der Waals surface area contributed by atoms with Gasteiger partial charge in [-0.3, -0.25) is 14.4 Å². The molecule has 316 valence electrons. The number of aromatic nitrogens is 4. The van der Waals surface area contributed by atoms with Gasteiger partial charge in [-0.25, -0.2) is 31.8 Å². The molecule has 3 heterocycles. The first-order valence-electron chi connectivity index (χ1n) is 18.9. The average Bonchev–Trinajstić information content (AvgIpc) is 3.90. The molecule has 0 aliphatic heterocycles. The zero-order valence-corrected chi connectivity index (χ0v) is 37.5. The van der Waals surface area contributed by atoms with Gasteiger partial charge in [0, 0.05) is 10.8 Å². The fraction of sp³-hybridized carbons (Fsp3) is 0.227. The molecule has 0 fully saturated rings. The third-order valence-corrected chi connectivity index (χ3v) is 15.8. The van der Waals surface area contributed by atoms with Crippen LogP contribution in [-0.4, -0.2) is 60.1 Å². The normalized spacial score (nSPS) is 12.1. The van der Waals surface area contributed by atoms with Gasteiger partial charge in [0.05, 0.1) is 33.7 Å². The zero-order chi connectivity index (χ0) is 44.3. The topological polar surface area (TPSA) is 212 Å². The minimum absolute atomic E-state index is 0.00490. The van der Waals surface area contributed by atoms with Gasteiger partial charge in [-0.2, -0.15) is 0 Å². The van der Waals surface area contributed by atoms with Crippen LogP contribution in [0.1, 0.15) is 62.4 Å². The molecule has 2 amide bonds. The van der Waals surface area contributed by atoms with E-state index in [-0.39, 0.29) is 53.9 Å². The van der Waals surface area contributed by atoms with Gasteiger partial charge in [-0.05, 0) is 45.2 Å². The van der Waals surface area contributed by atoms with Gasteiger partial charge >= 0.3 is 0 Å². The highest BCUT2D eigenvalue weighted by Gasteiger charge is 2.29. The smallest absolute Gasteiger partial charge is 0.275 e. The molecule has 0 atom stereocenters. The number of sulfone groups is 2. The number of carbonyl (C=O) groups is 2.